The van der Waals surface area contributed by atoms with Gasteiger partial charge >= 0.3 is 0 Å². The Bertz CT molecular complexity index is 977. The molecule has 0 bridgehead atoms. The SMILES string of the molecule is COc1ccc(OC)c(NC(=O)CN(c2cc(OC)ccc2OC)S(C)(=O)=O)c1. The van der Waals surface area contributed by atoms with Crippen molar-refractivity contribution in [3.8, 4) is 23.0 Å². The minimum atomic E-state index is -3.81. The van der Waals surface area contributed by atoms with Gasteiger partial charge in [0.2, 0.25) is 15.9 Å². The van der Waals surface area contributed by atoms with Crippen molar-refractivity contribution in [2.45, 2.75) is 0 Å². The Kier molecular flexibility index (Phi) is 7.16. The quantitative estimate of drug-likeness (QED) is 0.658. The molecule has 2 rings (SSSR count). The van der Waals surface area contributed by atoms with Crippen LogP contribution in [0, 0.1) is 0 Å². The number of hydrogen-bond acceptors (Lipinski definition) is 7. The second-order valence-corrected chi connectivity index (χ2v) is 7.83. The molecule has 9 nitrogen and oxygen atoms in total. The van der Waals surface area contributed by atoms with E-state index in [0.29, 0.717) is 22.9 Å². The van der Waals surface area contributed by atoms with Crippen molar-refractivity contribution in [1.29, 1.82) is 0 Å². The first kappa shape index (κ1) is 22.2. The average Bonchev–Trinajstić information content (AvgIpc) is 2.70. The van der Waals surface area contributed by atoms with Crippen molar-refractivity contribution >= 4 is 27.3 Å². The maximum absolute atomic E-state index is 12.7. The summed E-state index contributed by atoms with van der Waals surface area (Å²) >= 11 is 0. The number of rotatable bonds is 9. The number of amides is 1. The minimum Gasteiger partial charge on any atom is -0.497 e. The third-order valence-electron chi connectivity index (χ3n) is 4.02. The van der Waals surface area contributed by atoms with Gasteiger partial charge in [0, 0.05) is 12.1 Å². The number of benzene rings is 2. The van der Waals surface area contributed by atoms with Gasteiger partial charge in [-0.15, -0.1) is 0 Å². The van der Waals surface area contributed by atoms with Crippen molar-refractivity contribution in [2.75, 3.05) is 50.9 Å². The van der Waals surface area contributed by atoms with Crippen LogP contribution in [-0.2, 0) is 14.8 Å². The molecule has 0 radical (unpaired) electrons. The maximum Gasteiger partial charge on any atom is 0.245 e. The Morgan fingerprint density at radius 3 is 1.97 bits per heavy atom. The third kappa shape index (κ3) is 5.44. The van der Waals surface area contributed by atoms with E-state index in [1.165, 1.54) is 34.5 Å². The highest BCUT2D eigenvalue weighted by Crippen LogP contribution is 2.34. The number of nitrogens with zero attached hydrogens (tertiary/aromatic N) is 1. The highest BCUT2D eigenvalue weighted by atomic mass is 32.2. The summed E-state index contributed by atoms with van der Waals surface area (Å²) in [7, 11) is 2.01. The summed E-state index contributed by atoms with van der Waals surface area (Å²) in [6.45, 7) is -0.483. The molecule has 0 aliphatic heterocycles. The van der Waals surface area contributed by atoms with Crippen LogP contribution in [0.3, 0.4) is 0 Å². The molecule has 0 saturated heterocycles. The fraction of sp³-hybridized carbons (Fsp3) is 0.316. The number of methoxy groups -OCH3 is 4. The molecule has 0 saturated carbocycles. The van der Waals surface area contributed by atoms with E-state index in [1.54, 1.807) is 30.3 Å². The van der Waals surface area contributed by atoms with Gasteiger partial charge in [-0.3, -0.25) is 9.10 Å². The van der Waals surface area contributed by atoms with E-state index in [0.717, 1.165) is 10.6 Å². The van der Waals surface area contributed by atoms with E-state index in [9.17, 15) is 13.2 Å². The van der Waals surface area contributed by atoms with E-state index in [4.69, 9.17) is 18.9 Å². The van der Waals surface area contributed by atoms with Crippen molar-refractivity contribution in [2.24, 2.45) is 0 Å². The predicted octanol–water partition coefficient (Wildman–Crippen LogP) is 2.13. The van der Waals surface area contributed by atoms with Gasteiger partial charge in [0.05, 0.1) is 46.1 Å². The third-order valence-corrected chi connectivity index (χ3v) is 5.15. The summed E-state index contributed by atoms with van der Waals surface area (Å²) in [5.41, 5.74) is 0.532. The van der Waals surface area contributed by atoms with Gasteiger partial charge < -0.3 is 24.3 Å². The lowest BCUT2D eigenvalue weighted by Crippen LogP contribution is -2.37. The summed E-state index contributed by atoms with van der Waals surface area (Å²) < 4.78 is 46.6. The molecule has 1 amide bonds. The summed E-state index contributed by atoms with van der Waals surface area (Å²) in [5, 5.41) is 2.65. The first-order valence-corrected chi connectivity index (χ1v) is 10.3. The first-order chi connectivity index (χ1) is 13.7. The van der Waals surface area contributed by atoms with Crippen molar-refractivity contribution < 1.29 is 32.2 Å². The molecule has 158 valence electrons. The summed E-state index contributed by atoms with van der Waals surface area (Å²) in [6.07, 6.45) is 1.01. The van der Waals surface area contributed by atoms with Crippen molar-refractivity contribution in [1.82, 2.24) is 0 Å². The molecule has 0 unspecified atom stereocenters. The number of anilines is 2. The zero-order valence-corrected chi connectivity index (χ0v) is 17.7. The molecule has 0 aromatic heterocycles. The largest absolute Gasteiger partial charge is 0.497 e. The monoisotopic (exact) mass is 424 g/mol. The predicted molar refractivity (Wildman–Crippen MR) is 110 cm³/mol. The van der Waals surface area contributed by atoms with Crippen molar-refractivity contribution in [3.05, 3.63) is 36.4 Å². The summed E-state index contributed by atoms with van der Waals surface area (Å²) in [6, 6.07) is 9.57. The van der Waals surface area contributed by atoms with Crippen LogP contribution in [-0.4, -0.2) is 55.6 Å². The molecule has 29 heavy (non-hydrogen) atoms. The number of hydrogen-bond donors (Lipinski definition) is 1. The fourth-order valence-corrected chi connectivity index (χ4v) is 3.46. The topological polar surface area (TPSA) is 103 Å². The van der Waals surface area contributed by atoms with E-state index >= 15 is 0 Å². The zero-order chi connectivity index (χ0) is 21.6. The molecule has 2 aromatic rings. The molecule has 0 aliphatic rings. The number of nitrogens with one attached hydrogen (secondary N) is 1. The Morgan fingerprint density at radius 1 is 0.897 bits per heavy atom. The molecular weight excluding hydrogens is 400 g/mol. The molecule has 10 heteroatoms. The molecule has 0 atom stereocenters. The number of carbonyl (C=O) groups excluding carboxylic acids is 1. The van der Waals surface area contributed by atoms with Gasteiger partial charge in [0.1, 0.15) is 29.5 Å². The standard InChI is InChI=1S/C19H24N2O7S/c1-25-13-6-8-17(27-3)15(10-13)20-19(22)12-21(29(5,23)24)16-11-14(26-2)7-9-18(16)28-4/h6-11H,12H2,1-5H3,(H,20,22). The fourth-order valence-electron chi connectivity index (χ4n) is 2.60. The lowest BCUT2D eigenvalue weighted by Gasteiger charge is -2.24. The normalized spacial score (nSPS) is 10.8. The van der Waals surface area contributed by atoms with E-state index < -0.39 is 22.5 Å². The molecular formula is C19H24N2O7S. The molecule has 0 aliphatic carbocycles. The highest BCUT2D eigenvalue weighted by molar-refractivity contribution is 7.92. The van der Waals surface area contributed by atoms with Crippen LogP contribution in [0.2, 0.25) is 0 Å². The molecule has 0 spiro atoms. The van der Waals surface area contributed by atoms with Gasteiger partial charge in [-0.25, -0.2) is 8.42 Å². The number of ether oxygens (including phenoxy) is 4. The Morgan fingerprint density at radius 2 is 1.45 bits per heavy atom. The lowest BCUT2D eigenvalue weighted by atomic mass is 10.2. The smallest absolute Gasteiger partial charge is 0.245 e. The summed E-state index contributed by atoms with van der Waals surface area (Å²) in [4.78, 5) is 12.7. The first-order valence-electron chi connectivity index (χ1n) is 8.45. The number of carbonyl (C=O) groups is 1. The average molecular weight is 424 g/mol. The molecule has 2 aromatic carbocycles. The van der Waals surface area contributed by atoms with Crippen molar-refractivity contribution in [3.63, 3.8) is 0 Å². The Labute approximate surface area is 170 Å². The Balaban J connectivity index is 2.37. The van der Waals surface area contributed by atoms with Crippen LogP contribution in [0.15, 0.2) is 36.4 Å². The zero-order valence-electron chi connectivity index (χ0n) is 16.9. The van der Waals surface area contributed by atoms with Gasteiger partial charge in [0.15, 0.2) is 0 Å². The maximum atomic E-state index is 12.7. The molecule has 0 fully saturated rings. The van der Waals surface area contributed by atoms with Crippen LogP contribution in [0.25, 0.3) is 0 Å². The van der Waals surface area contributed by atoms with E-state index in [2.05, 4.69) is 5.32 Å². The van der Waals surface area contributed by atoms with Gasteiger partial charge in [-0.1, -0.05) is 0 Å². The van der Waals surface area contributed by atoms with Crippen LogP contribution in [0.1, 0.15) is 0 Å². The lowest BCUT2D eigenvalue weighted by molar-refractivity contribution is -0.114. The van der Waals surface area contributed by atoms with E-state index in [1.807, 2.05) is 0 Å². The summed E-state index contributed by atoms with van der Waals surface area (Å²) in [5.74, 6) is 1.04. The second-order valence-electron chi connectivity index (χ2n) is 5.92. The second kappa shape index (κ2) is 9.37. The Hall–Kier alpha value is -3.14. The minimum absolute atomic E-state index is 0.183. The van der Waals surface area contributed by atoms with Crippen LogP contribution in [0.5, 0.6) is 23.0 Å². The van der Waals surface area contributed by atoms with Gasteiger partial charge in [-0.2, -0.15) is 0 Å². The number of sulfonamides is 1. The van der Waals surface area contributed by atoms with Crippen LogP contribution >= 0.6 is 0 Å². The van der Waals surface area contributed by atoms with Crippen LogP contribution < -0.4 is 28.6 Å². The molecule has 0 heterocycles. The van der Waals surface area contributed by atoms with E-state index in [-0.39, 0.29) is 11.4 Å². The van der Waals surface area contributed by atoms with Crippen LogP contribution in [0.4, 0.5) is 11.4 Å². The molecule has 1 N–H and O–H groups in total. The van der Waals surface area contributed by atoms with Gasteiger partial charge in [-0.05, 0) is 24.3 Å². The highest BCUT2D eigenvalue weighted by Gasteiger charge is 2.25. The van der Waals surface area contributed by atoms with Gasteiger partial charge in [0.25, 0.3) is 0 Å².